The van der Waals surface area contributed by atoms with E-state index in [1.54, 1.807) is 0 Å². The molecule has 0 saturated heterocycles. The van der Waals surface area contributed by atoms with Gasteiger partial charge in [0.15, 0.2) is 0 Å². The standard InChI is InChI=1S/C10H6Cl2N2OS/c11-8-3-6(4-13-9(8)12)10(15)14-7-1-2-16-5-7/h1-5H,(H,14,15). The molecule has 0 unspecified atom stereocenters. The number of hydrogen-bond acceptors (Lipinski definition) is 3. The molecule has 2 aromatic rings. The van der Waals surface area contributed by atoms with Gasteiger partial charge >= 0.3 is 0 Å². The average Bonchev–Trinajstić information content (AvgIpc) is 2.74. The molecular formula is C10H6Cl2N2OS. The highest BCUT2D eigenvalue weighted by Crippen LogP contribution is 2.20. The van der Waals surface area contributed by atoms with Gasteiger partial charge in [-0.15, -0.1) is 0 Å². The lowest BCUT2D eigenvalue weighted by atomic mass is 10.2. The summed E-state index contributed by atoms with van der Waals surface area (Å²) in [5, 5.41) is 6.88. The van der Waals surface area contributed by atoms with Crippen LogP contribution in [0.15, 0.2) is 29.1 Å². The van der Waals surface area contributed by atoms with Gasteiger partial charge in [0.1, 0.15) is 5.15 Å². The summed E-state index contributed by atoms with van der Waals surface area (Å²) in [7, 11) is 0. The lowest BCUT2D eigenvalue weighted by molar-refractivity contribution is 0.102. The number of amides is 1. The predicted molar refractivity (Wildman–Crippen MR) is 66.5 cm³/mol. The van der Waals surface area contributed by atoms with E-state index in [1.165, 1.54) is 23.6 Å². The summed E-state index contributed by atoms with van der Waals surface area (Å²) < 4.78 is 0. The van der Waals surface area contributed by atoms with Gasteiger partial charge < -0.3 is 5.32 Å². The van der Waals surface area contributed by atoms with E-state index in [-0.39, 0.29) is 16.1 Å². The number of hydrogen-bond donors (Lipinski definition) is 1. The van der Waals surface area contributed by atoms with E-state index in [9.17, 15) is 4.79 Å². The van der Waals surface area contributed by atoms with Crippen molar-refractivity contribution < 1.29 is 4.79 Å². The molecule has 0 spiro atoms. The number of nitrogens with one attached hydrogen (secondary N) is 1. The van der Waals surface area contributed by atoms with Crippen molar-refractivity contribution in [1.29, 1.82) is 0 Å². The Hall–Kier alpha value is -1.10. The van der Waals surface area contributed by atoms with Crippen LogP contribution in [0, 0.1) is 0 Å². The summed E-state index contributed by atoms with van der Waals surface area (Å²) >= 11 is 12.9. The Morgan fingerprint density at radius 2 is 2.25 bits per heavy atom. The zero-order valence-corrected chi connectivity index (χ0v) is 10.2. The van der Waals surface area contributed by atoms with Gasteiger partial charge in [0, 0.05) is 11.6 Å². The minimum atomic E-state index is -0.260. The van der Waals surface area contributed by atoms with E-state index < -0.39 is 0 Å². The van der Waals surface area contributed by atoms with Gasteiger partial charge in [-0.25, -0.2) is 4.98 Å². The number of carbonyl (C=O) groups excluding carboxylic acids is 1. The van der Waals surface area contributed by atoms with Gasteiger partial charge in [-0.3, -0.25) is 4.79 Å². The van der Waals surface area contributed by atoms with Gasteiger partial charge in [-0.2, -0.15) is 11.3 Å². The first-order chi connectivity index (χ1) is 7.66. The molecule has 0 fully saturated rings. The molecule has 0 bridgehead atoms. The Balaban J connectivity index is 2.18. The van der Waals surface area contributed by atoms with Crippen LogP contribution in [0.25, 0.3) is 0 Å². The van der Waals surface area contributed by atoms with Crippen molar-refractivity contribution in [2.75, 3.05) is 5.32 Å². The predicted octanol–water partition coefficient (Wildman–Crippen LogP) is 3.70. The van der Waals surface area contributed by atoms with E-state index >= 15 is 0 Å². The first kappa shape index (κ1) is 11.4. The molecule has 3 nitrogen and oxygen atoms in total. The van der Waals surface area contributed by atoms with Crippen molar-refractivity contribution in [3.63, 3.8) is 0 Å². The van der Waals surface area contributed by atoms with Gasteiger partial charge in [0.2, 0.25) is 0 Å². The largest absolute Gasteiger partial charge is 0.321 e. The van der Waals surface area contributed by atoms with Gasteiger partial charge in [0.25, 0.3) is 5.91 Å². The summed E-state index contributed by atoms with van der Waals surface area (Å²) in [5.74, 6) is -0.260. The average molecular weight is 273 g/mol. The van der Waals surface area contributed by atoms with E-state index in [2.05, 4.69) is 10.3 Å². The molecule has 1 amide bonds. The van der Waals surface area contributed by atoms with Gasteiger partial charge in [-0.1, -0.05) is 23.2 Å². The first-order valence-electron chi connectivity index (χ1n) is 4.31. The van der Waals surface area contributed by atoms with Gasteiger partial charge in [-0.05, 0) is 17.5 Å². The normalized spacial score (nSPS) is 10.1. The van der Waals surface area contributed by atoms with Crippen LogP contribution < -0.4 is 5.32 Å². The number of nitrogens with zero attached hydrogens (tertiary/aromatic N) is 1. The second-order valence-electron chi connectivity index (χ2n) is 2.96. The van der Waals surface area contributed by atoms with E-state index in [0.29, 0.717) is 5.56 Å². The molecule has 1 N–H and O–H groups in total. The lowest BCUT2D eigenvalue weighted by Crippen LogP contribution is -2.11. The molecule has 0 aliphatic heterocycles. The number of aromatic nitrogens is 1. The molecule has 0 aliphatic rings. The Morgan fingerprint density at radius 3 is 2.88 bits per heavy atom. The molecule has 0 aliphatic carbocycles. The number of halogens is 2. The van der Waals surface area contributed by atoms with Crippen LogP contribution in [0.4, 0.5) is 5.69 Å². The molecule has 82 valence electrons. The second-order valence-corrected chi connectivity index (χ2v) is 4.51. The van der Waals surface area contributed by atoms with E-state index in [1.807, 2.05) is 16.8 Å². The molecule has 6 heteroatoms. The quantitative estimate of drug-likeness (QED) is 0.847. The lowest BCUT2D eigenvalue weighted by Gasteiger charge is -2.03. The van der Waals surface area contributed by atoms with Crippen molar-refractivity contribution in [3.8, 4) is 0 Å². The molecule has 16 heavy (non-hydrogen) atoms. The van der Waals surface area contributed by atoms with Crippen LogP contribution in [-0.4, -0.2) is 10.9 Å². The van der Waals surface area contributed by atoms with E-state index in [4.69, 9.17) is 23.2 Å². The maximum Gasteiger partial charge on any atom is 0.257 e. The third-order valence-electron chi connectivity index (χ3n) is 1.84. The Labute approximate surface area is 106 Å². The van der Waals surface area contributed by atoms with Crippen LogP contribution in [0.3, 0.4) is 0 Å². The monoisotopic (exact) mass is 272 g/mol. The van der Waals surface area contributed by atoms with Crippen molar-refractivity contribution >= 4 is 46.1 Å². The van der Waals surface area contributed by atoms with Crippen molar-refractivity contribution in [1.82, 2.24) is 4.98 Å². The number of pyridine rings is 1. The number of anilines is 1. The fraction of sp³-hybridized carbons (Fsp3) is 0. The zero-order valence-electron chi connectivity index (χ0n) is 7.91. The number of thiophene rings is 1. The zero-order chi connectivity index (χ0) is 11.5. The maximum atomic E-state index is 11.7. The smallest absolute Gasteiger partial charge is 0.257 e. The van der Waals surface area contributed by atoms with Gasteiger partial charge in [0.05, 0.1) is 16.3 Å². The summed E-state index contributed by atoms with van der Waals surface area (Å²) in [6.45, 7) is 0. The molecule has 2 heterocycles. The summed E-state index contributed by atoms with van der Waals surface area (Å²) in [5.41, 5.74) is 1.13. The molecule has 0 saturated carbocycles. The van der Waals surface area contributed by atoms with Crippen molar-refractivity contribution in [2.24, 2.45) is 0 Å². The topological polar surface area (TPSA) is 42.0 Å². The molecule has 2 aromatic heterocycles. The molecular weight excluding hydrogens is 267 g/mol. The Kier molecular flexibility index (Phi) is 3.43. The number of carbonyl (C=O) groups is 1. The highest BCUT2D eigenvalue weighted by molar-refractivity contribution is 7.08. The molecule has 2 rings (SSSR count). The Morgan fingerprint density at radius 1 is 1.44 bits per heavy atom. The summed E-state index contributed by atoms with van der Waals surface area (Å²) in [6, 6.07) is 3.30. The van der Waals surface area contributed by atoms with Crippen LogP contribution in [0.1, 0.15) is 10.4 Å². The van der Waals surface area contributed by atoms with E-state index in [0.717, 1.165) is 5.69 Å². The second kappa shape index (κ2) is 4.82. The SMILES string of the molecule is O=C(Nc1ccsc1)c1cnc(Cl)c(Cl)c1. The fourth-order valence-corrected chi connectivity index (χ4v) is 1.94. The minimum absolute atomic E-state index is 0.189. The van der Waals surface area contributed by atoms with Crippen LogP contribution >= 0.6 is 34.5 Å². The Bertz CT molecular complexity index is 514. The van der Waals surface area contributed by atoms with Crippen molar-refractivity contribution in [3.05, 3.63) is 44.8 Å². The van der Waals surface area contributed by atoms with Crippen LogP contribution in [-0.2, 0) is 0 Å². The molecule has 0 radical (unpaired) electrons. The van der Waals surface area contributed by atoms with Crippen LogP contribution in [0.5, 0.6) is 0 Å². The fourth-order valence-electron chi connectivity index (χ4n) is 1.08. The number of rotatable bonds is 2. The summed E-state index contributed by atoms with van der Waals surface area (Å²) in [4.78, 5) is 15.5. The maximum absolute atomic E-state index is 11.7. The third kappa shape index (κ3) is 2.52. The molecule has 0 atom stereocenters. The first-order valence-corrected chi connectivity index (χ1v) is 6.01. The van der Waals surface area contributed by atoms with Crippen molar-refractivity contribution in [2.45, 2.75) is 0 Å². The van der Waals surface area contributed by atoms with Crippen LogP contribution in [0.2, 0.25) is 10.2 Å². The third-order valence-corrected chi connectivity index (χ3v) is 3.21. The summed E-state index contributed by atoms with van der Waals surface area (Å²) in [6.07, 6.45) is 1.38. The minimum Gasteiger partial charge on any atom is -0.321 e. The highest BCUT2D eigenvalue weighted by Gasteiger charge is 2.09. The highest BCUT2D eigenvalue weighted by atomic mass is 35.5. The molecule has 0 aromatic carbocycles.